The summed E-state index contributed by atoms with van der Waals surface area (Å²) in [4.78, 5) is 37.7. The van der Waals surface area contributed by atoms with Crippen molar-refractivity contribution in [3.05, 3.63) is 50.3 Å². The first kappa shape index (κ1) is 14.2. The minimum atomic E-state index is -0.939. The second-order valence-electron chi connectivity index (χ2n) is 3.97. The predicted octanol–water partition coefficient (Wildman–Crippen LogP) is 0.962. The number of hydrogen-bond acceptors (Lipinski definition) is 5. The molecule has 1 heterocycles. The monoisotopic (exact) mass is 295 g/mol. The van der Waals surface area contributed by atoms with Gasteiger partial charge in [-0.3, -0.25) is 24.2 Å². The lowest BCUT2D eigenvalue weighted by Crippen LogP contribution is -2.33. The number of Topliss-reactive ketones (excluding diaryl/α,β-unsaturated/α-hetero) is 1. The van der Waals surface area contributed by atoms with Crippen LogP contribution in [-0.2, 0) is 7.05 Å². The Hall–Kier alpha value is -2.22. The number of ketones is 1. The second-order valence-corrected chi connectivity index (χ2v) is 4.98. The van der Waals surface area contributed by atoms with Gasteiger partial charge in [0, 0.05) is 11.9 Å². The van der Waals surface area contributed by atoms with E-state index in [4.69, 9.17) is 0 Å². The maximum atomic E-state index is 13.7. The lowest BCUT2D eigenvalue weighted by Gasteiger charge is -2.09. The van der Waals surface area contributed by atoms with Gasteiger partial charge >= 0.3 is 11.1 Å². The van der Waals surface area contributed by atoms with Crippen LogP contribution in [0.2, 0.25) is 0 Å². The van der Waals surface area contributed by atoms with E-state index in [0.29, 0.717) is 4.90 Å². The van der Waals surface area contributed by atoms with Gasteiger partial charge in [-0.1, -0.05) is 6.07 Å². The third kappa shape index (κ3) is 2.69. The molecule has 104 valence electrons. The summed E-state index contributed by atoms with van der Waals surface area (Å²) in [5, 5.41) is 2.43. The number of nitrogens with one attached hydrogen (secondary N) is 1. The van der Waals surface area contributed by atoms with Gasteiger partial charge in [-0.15, -0.1) is 0 Å². The average molecular weight is 295 g/mol. The van der Waals surface area contributed by atoms with E-state index in [-0.39, 0.29) is 10.7 Å². The highest BCUT2D eigenvalue weighted by Crippen LogP contribution is 2.29. The SMILES string of the molecule is CC(=O)c1c(F)cccc1Sc1nc(=O)c(=O)[nH]n1C. The van der Waals surface area contributed by atoms with E-state index in [1.54, 1.807) is 6.07 Å². The van der Waals surface area contributed by atoms with Gasteiger partial charge in [0.05, 0.1) is 5.56 Å². The van der Waals surface area contributed by atoms with Crippen molar-refractivity contribution < 1.29 is 9.18 Å². The molecule has 1 aromatic heterocycles. The number of benzene rings is 1. The van der Waals surface area contributed by atoms with Crippen LogP contribution in [0.4, 0.5) is 4.39 Å². The number of aryl methyl sites for hydroxylation is 1. The Morgan fingerprint density at radius 3 is 2.75 bits per heavy atom. The van der Waals surface area contributed by atoms with Crippen LogP contribution < -0.4 is 11.1 Å². The normalized spacial score (nSPS) is 10.6. The molecule has 1 N–H and O–H groups in total. The van der Waals surface area contributed by atoms with Crippen molar-refractivity contribution in [1.29, 1.82) is 0 Å². The molecule has 0 fully saturated rings. The molecule has 1 aromatic carbocycles. The molecule has 0 aliphatic rings. The quantitative estimate of drug-likeness (QED) is 0.673. The molecule has 0 aliphatic heterocycles. The van der Waals surface area contributed by atoms with Gasteiger partial charge < -0.3 is 0 Å². The van der Waals surface area contributed by atoms with Gasteiger partial charge in [-0.2, -0.15) is 4.98 Å². The van der Waals surface area contributed by atoms with Gasteiger partial charge in [0.15, 0.2) is 10.9 Å². The lowest BCUT2D eigenvalue weighted by molar-refractivity contribution is 0.101. The fourth-order valence-electron chi connectivity index (χ4n) is 1.58. The van der Waals surface area contributed by atoms with E-state index in [1.165, 1.54) is 30.8 Å². The van der Waals surface area contributed by atoms with Gasteiger partial charge in [-0.25, -0.2) is 4.39 Å². The van der Waals surface area contributed by atoms with Crippen LogP contribution in [0.1, 0.15) is 17.3 Å². The number of aromatic nitrogens is 3. The number of carbonyl (C=O) groups is 1. The number of halogens is 1. The largest absolute Gasteiger partial charge is 0.339 e. The number of H-pyrrole nitrogens is 1. The van der Waals surface area contributed by atoms with Crippen molar-refractivity contribution in [3.8, 4) is 0 Å². The van der Waals surface area contributed by atoms with Crippen LogP contribution in [0.5, 0.6) is 0 Å². The standard InChI is InChI=1S/C12H10FN3O3S/c1-6(17)9-7(13)4-3-5-8(9)20-12-14-10(18)11(19)15-16(12)2/h3-5H,1-2H3,(H,15,19). The van der Waals surface area contributed by atoms with Crippen molar-refractivity contribution >= 4 is 17.5 Å². The van der Waals surface area contributed by atoms with E-state index >= 15 is 0 Å². The molecule has 20 heavy (non-hydrogen) atoms. The number of nitrogens with zero attached hydrogens (tertiary/aromatic N) is 2. The molecule has 0 amide bonds. The Labute approximate surface area is 116 Å². The molecule has 0 radical (unpaired) electrons. The summed E-state index contributed by atoms with van der Waals surface area (Å²) in [7, 11) is 1.49. The van der Waals surface area contributed by atoms with Crippen LogP contribution in [0.3, 0.4) is 0 Å². The van der Waals surface area contributed by atoms with Gasteiger partial charge in [0.2, 0.25) is 0 Å². The van der Waals surface area contributed by atoms with Crippen LogP contribution in [0.25, 0.3) is 0 Å². The van der Waals surface area contributed by atoms with Crippen molar-refractivity contribution in [3.63, 3.8) is 0 Å². The van der Waals surface area contributed by atoms with Crippen molar-refractivity contribution in [2.45, 2.75) is 17.0 Å². The Bertz CT molecular complexity index is 797. The van der Waals surface area contributed by atoms with Crippen molar-refractivity contribution in [2.24, 2.45) is 7.05 Å². The molecule has 0 spiro atoms. The molecule has 2 rings (SSSR count). The number of carbonyl (C=O) groups excluding carboxylic acids is 1. The Kier molecular flexibility index (Phi) is 3.84. The van der Waals surface area contributed by atoms with Crippen LogP contribution in [0, 0.1) is 5.82 Å². The summed E-state index contributed by atoms with van der Waals surface area (Å²) in [5.41, 5.74) is -1.85. The lowest BCUT2D eigenvalue weighted by atomic mass is 10.1. The van der Waals surface area contributed by atoms with Crippen LogP contribution in [-0.4, -0.2) is 20.5 Å². The van der Waals surface area contributed by atoms with Gasteiger partial charge in [0.25, 0.3) is 0 Å². The van der Waals surface area contributed by atoms with E-state index in [1.807, 2.05) is 0 Å². The number of aromatic amines is 1. The van der Waals surface area contributed by atoms with E-state index in [0.717, 1.165) is 11.8 Å². The summed E-state index contributed by atoms with van der Waals surface area (Å²) in [6, 6.07) is 4.18. The van der Waals surface area contributed by atoms with Crippen LogP contribution >= 0.6 is 11.8 Å². The van der Waals surface area contributed by atoms with Gasteiger partial charge in [0.1, 0.15) is 5.82 Å². The zero-order valence-corrected chi connectivity index (χ0v) is 11.5. The number of rotatable bonds is 3. The summed E-state index contributed by atoms with van der Waals surface area (Å²) >= 11 is 0.927. The van der Waals surface area contributed by atoms with Gasteiger partial charge in [-0.05, 0) is 30.8 Å². The summed E-state index contributed by atoms with van der Waals surface area (Å²) in [6.07, 6.45) is 0. The highest BCUT2D eigenvalue weighted by Gasteiger charge is 2.16. The van der Waals surface area contributed by atoms with Crippen molar-refractivity contribution in [2.75, 3.05) is 0 Å². The summed E-state index contributed by atoms with van der Waals surface area (Å²) in [6.45, 7) is 1.25. The fraction of sp³-hybridized carbons (Fsp3) is 0.167. The molecule has 0 unspecified atom stereocenters. The zero-order valence-electron chi connectivity index (χ0n) is 10.6. The first-order valence-electron chi connectivity index (χ1n) is 5.55. The van der Waals surface area contributed by atoms with E-state index < -0.39 is 22.7 Å². The molecule has 6 nitrogen and oxygen atoms in total. The topological polar surface area (TPSA) is 84.8 Å². The first-order valence-corrected chi connectivity index (χ1v) is 6.36. The average Bonchev–Trinajstić information content (AvgIpc) is 2.35. The molecule has 8 heteroatoms. The third-order valence-electron chi connectivity index (χ3n) is 2.48. The Morgan fingerprint density at radius 1 is 1.40 bits per heavy atom. The molecule has 0 saturated carbocycles. The number of hydrogen-bond donors (Lipinski definition) is 1. The Morgan fingerprint density at radius 2 is 2.10 bits per heavy atom. The summed E-state index contributed by atoms with van der Waals surface area (Å²) < 4.78 is 14.9. The zero-order chi connectivity index (χ0) is 14.9. The molecule has 0 bridgehead atoms. The van der Waals surface area contributed by atoms with Crippen LogP contribution in [0.15, 0.2) is 37.8 Å². The molecule has 0 aliphatic carbocycles. The van der Waals surface area contributed by atoms with Crippen molar-refractivity contribution in [1.82, 2.24) is 14.8 Å². The maximum absolute atomic E-state index is 13.7. The molecule has 2 aromatic rings. The molecular formula is C12H10FN3O3S. The molecule has 0 atom stereocenters. The molecule has 0 saturated heterocycles. The molecular weight excluding hydrogens is 285 g/mol. The Balaban J connectivity index is 2.54. The first-order chi connectivity index (χ1) is 9.40. The maximum Gasteiger partial charge on any atom is 0.339 e. The van der Waals surface area contributed by atoms with E-state index in [9.17, 15) is 18.8 Å². The minimum Gasteiger partial charge on any atom is -0.294 e. The highest BCUT2D eigenvalue weighted by molar-refractivity contribution is 7.99. The van der Waals surface area contributed by atoms with E-state index in [2.05, 4.69) is 10.1 Å². The second kappa shape index (κ2) is 5.41. The summed E-state index contributed by atoms with van der Waals surface area (Å²) in [5.74, 6) is -1.07. The smallest absolute Gasteiger partial charge is 0.294 e. The predicted molar refractivity (Wildman–Crippen MR) is 70.6 cm³/mol. The minimum absolute atomic E-state index is 0.0713. The highest BCUT2D eigenvalue weighted by atomic mass is 32.2. The third-order valence-corrected chi connectivity index (χ3v) is 3.58. The fourth-order valence-corrected chi connectivity index (χ4v) is 2.58.